The highest BCUT2D eigenvalue weighted by molar-refractivity contribution is 7.22. The molecule has 6 nitrogen and oxygen atoms in total. The van der Waals surface area contributed by atoms with Gasteiger partial charge in [-0.2, -0.15) is 0 Å². The second kappa shape index (κ2) is 6.45. The van der Waals surface area contributed by atoms with Crippen molar-refractivity contribution in [2.45, 2.75) is 26.3 Å². The molecule has 0 radical (unpaired) electrons. The van der Waals surface area contributed by atoms with Crippen LogP contribution in [-0.2, 0) is 4.79 Å². The summed E-state index contributed by atoms with van der Waals surface area (Å²) in [5.41, 5.74) is 7.12. The summed E-state index contributed by atoms with van der Waals surface area (Å²) < 4.78 is 0.910. The van der Waals surface area contributed by atoms with Crippen molar-refractivity contribution in [3.8, 4) is 0 Å². The largest absolute Gasteiger partial charge is 0.375 e. The van der Waals surface area contributed by atoms with Crippen molar-refractivity contribution in [1.29, 1.82) is 0 Å². The Hall–Kier alpha value is -2.45. The maximum Gasteiger partial charge on any atom is 0.262 e. The van der Waals surface area contributed by atoms with E-state index in [0.29, 0.717) is 15.7 Å². The Morgan fingerprint density at radius 2 is 2.04 bits per heavy atom. The summed E-state index contributed by atoms with van der Waals surface area (Å²) in [5, 5.41) is 7.94. The van der Waals surface area contributed by atoms with Crippen molar-refractivity contribution >= 4 is 55.5 Å². The maximum absolute atomic E-state index is 12.6. The van der Waals surface area contributed by atoms with Crippen LogP contribution in [0.4, 0.5) is 10.8 Å². The van der Waals surface area contributed by atoms with Gasteiger partial charge in [-0.05, 0) is 49.9 Å². The van der Waals surface area contributed by atoms with Crippen LogP contribution in [-0.4, -0.2) is 22.3 Å². The number of carbonyl (C=O) groups is 2. The molecular formula is C17H18N4O2S2. The van der Waals surface area contributed by atoms with Gasteiger partial charge >= 0.3 is 0 Å². The summed E-state index contributed by atoms with van der Waals surface area (Å²) in [6, 6.07) is 7.20. The highest BCUT2D eigenvalue weighted by Gasteiger charge is 2.30. The fourth-order valence-electron chi connectivity index (χ4n) is 2.38. The number of fused-ring (bicyclic) bond motifs is 1. The van der Waals surface area contributed by atoms with Crippen molar-refractivity contribution in [1.82, 2.24) is 10.3 Å². The highest BCUT2D eigenvalue weighted by Crippen LogP contribution is 2.29. The third-order valence-corrected chi connectivity index (χ3v) is 5.40. The lowest BCUT2D eigenvalue weighted by Crippen LogP contribution is -2.52. The number of aryl methyl sites for hydroxylation is 1. The summed E-state index contributed by atoms with van der Waals surface area (Å²) in [4.78, 5) is 29.7. The van der Waals surface area contributed by atoms with E-state index in [1.54, 1.807) is 26.0 Å². The minimum Gasteiger partial charge on any atom is -0.375 e. The third-order valence-electron chi connectivity index (χ3n) is 3.70. The molecule has 0 unspecified atom stereocenters. The second-order valence-electron chi connectivity index (χ2n) is 6.20. The molecule has 4 N–H and O–H groups in total. The Morgan fingerprint density at radius 3 is 2.72 bits per heavy atom. The molecule has 0 atom stereocenters. The van der Waals surface area contributed by atoms with Gasteiger partial charge in [0.1, 0.15) is 5.54 Å². The summed E-state index contributed by atoms with van der Waals surface area (Å²) in [6.45, 7) is 5.26. The van der Waals surface area contributed by atoms with Crippen LogP contribution in [0.25, 0.3) is 10.2 Å². The average molecular weight is 374 g/mol. The van der Waals surface area contributed by atoms with Crippen molar-refractivity contribution in [3.63, 3.8) is 0 Å². The van der Waals surface area contributed by atoms with Crippen LogP contribution in [0.5, 0.6) is 0 Å². The SMILES string of the molecule is Cc1cc(NC(=O)C(C)(C)NC(=O)c2cccs2)cc2sc(N)nc12. The standard InChI is InChI=1S/C17H18N4O2S2/c1-9-7-10(8-12-13(9)20-16(18)25-12)19-15(23)17(2,3)21-14(22)11-5-4-6-24-11/h4-8H,1-3H3,(H2,18,20)(H,19,23)(H,21,22). The first-order chi connectivity index (χ1) is 11.8. The van der Waals surface area contributed by atoms with E-state index in [9.17, 15) is 9.59 Å². The number of hydrogen-bond acceptors (Lipinski definition) is 6. The zero-order chi connectivity index (χ0) is 18.2. The summed E-state index contributed by atoms with van der Waals surface area (Å²) in [6.07, 6.45) is 0. The topological polar surface area (TPSA) is 97.1 Å². The molecule has 0 aliphatic heterocycles. The fraction of sp³-hybridized carbons (Fsp3) is 0.235. The van der Waals surface area contributed by atoms with Gasteiger partial charge in [0.05, 0.1) is 15.1 Å². The molecule has 2 aromatic heterocycles. The number of aromatic nitrogens is 1. The number of nitrogens with one attached hydrogen (secondary N) is 2. The van der Waals surface area contributed by atoms with Crippen LogP contribution in [0.3, 0.4) is 0 Å². The van der Waals surface area contributed by atoms with E-state index in [-0.39, 0.29) is 11.8 Å². The molecule has 0 bridgehead atoms. The summed E-state index contributed by atoms with van der Waals surface area (Å²) in [7, 11) is 0. The molecule has 130 valence electrons. The molecular weight excluding hydrogens is 356 g/mol. The van der Waals surface area contributed by atoms with Gasteiger partial charge in [-0.25, -0.2) is 4.98 Å². The molecule has 3 aromatic rings. The molecule has 2 amide bonds. The van der Waals surface area contributed by atoms with E-state index in [0.717, 1.165) is 15.8 Å². The van der Waals surface area contributed by atoms with Crippen molar-refractivity contribution < 1.29 is 9.59 Å². The molecule has 25 heavy (non-hydrogen) atoms. The zero-order valence-corrected chi connectivity index (χ0v) is 15.7. The van der Waals surface area contributed by atoms with Gasteiger partial charge in [-0.1, -0.05) is 17.4 Å². The van der Waals surface area contributed by atoms with Crippen molar-refractivity contribution in [2.24, 2.45) is 0 Å². The molecule has 8 heteroatoms. The molecule has 0 aliphatic carbocycles. The second-order valence-corrected chi connectivity index (χ2v) is 8.21. The number of rotatable bonds is 4. The van der Waals surface area contributed by atoms with Gasteiger partial charge in [0.15, 0.2) is 5.13 Å². The molecule has 1 aromatic carbocycles. The predicted molar refractivity (Wildman–Crippen MR) is 103 cm³/mol. The van der Waals surface area contributed by atoms with Crippen LogP contribution in [0.15, 0.2) is 29.6 Å². The molecule has 2 heterocycles. The average Bonchev–Trinajstić information content (AvgIpc) is 3.15. The lowest BCUT2D eigenvalue weighted by Gasteiger charge is -2.25. The number of thiazole rings is 1. The van der Waals surface area contributed by atoms with E-state index in [4.69, 9.17) is 5.73 Å². The van der Waals surface area contributed by atoms with E-state index in [2.05, 4.69) is 15.6 Å². The minimum absolute atomic E-state index is 0.267. The predicted octanol–water partition coefficient (Wildman–Crippen LogP) is 3.40. The monoisotopic (exact) mass is 374 g/mol. The number of benzene rings is 1. The van der Waals surface area contributed by atoms with Crippen LogP contribution in [0.2, 0.25) is 0 Å². The number of nitrogen functional groups attached to an aromatic ring is 1. The van der Waals surface area contributed by atoms with Gasteiger partial charge in [0.25, 0.3) is 5.91 Å². The van der Waals surface area contributed by atoms with E-state index < -0.39 is 5.54 Å². The smallest absolute Gasteiger partial charge is 0.262 e. The first-order valence-corrected chi connectivity index (χ1v) is 9.30. The number of thiophene rings is 1. The van der Waals surface area contributed by atoms with Gasteiger partial charge in [-0.15, -0.1) is 11.3 Å². The summed E-state index contributed by atoms with van der Waals surface area (Å²) >= 11 is 2.70. The molecule has 0 saturated heterocycles. The number of nitrogens with zero attached hydrogens (tertiary/aromatic N) is 1. The fourth-order valence-corrected chi connectivity index (χ4v) is 3.85. The van der Waals surface area contributed by atoms with Crippen LogP contribution >= 0.6 is 22.7 Å². The maximum atomic E-state index is 12.6. The number of nitrogens with two attached hydrogens (primary N) is 1. The van der Waals surface area contributed by atoms with E-state index in [1.165, 1.54) is 22.7 Å². The highest BCUT2D eigenvalue weighted by atomic mass is 32.1. The van der Waals surface area contributed by atoms with Crippen LogP contribution < -0.4 is 16.4 Å². The Morgan fingerprint density at radius 1 is 1.28 bits per heavy atom. The minimum atomic E-state index is -1.06. The molecule has 0 saturated carbocycles. The normalized spacial score (nSPS) is 11.5. The number of hydrogen-bond donors (Lipinski definition) is 3. The molecule has 0 aliphatic rings. The number of anilines is 2. The first kappa shape index (κ1) is 17.4. The lowest BCUT2D eigenvalue weighted by atomic mass is 10.0. The molecule has 0 fully saturated rings. The molecule has 3 rings (SSSR count). The third kappa shape index (κ3) is 3.64. The van der Waals surface area contributed by atoms with Crippen molar-refractivity contribution in [2.75, 3.05) is 11.1 Å². The number of amides is 2. The van der Waals surface area contributed by atoms with Crippen LogP contribution in [0, 0.1) is 6.92 Å². The van der Waals surface area contributed by atoms with Crippen LogP contribution in [0.1, 0.15) is 29.1 Å². The van der Waals surface area contributed by atoms with E-state index in [1.807, 2.05) is 24.4 Å². The van der Waals surface area contributed by atoms with Crippen molar-refractivity contribution in [3.05, 3.63) is 40.1 Å². The van der Waals surface area contributed by atoms with E-state index >= 15 is 0 Å². The first-order valence-electron chi connectivity index (χ1n) is 7.60. The Kier molecular flexibility index (Phi) is 4.49. The Bertz CT molecular complexity index is 945. The Balaban J connectivity index is 1.77. The summed E-state index contributed by atoms with van der Waals surface area (Å²) in [5.74, 6) is -0.564. The number of carbonyl (C=O) groups excluding carboxylic acids is 2. The zero-order valence-electron chi connectivity index (χ0n) is 14.0. The van der Waals surface area contributed by atoms with Gasteiger partial charge in [-0.3, -0.25) is 9.59 Å². The molecule has 0 spiro atoms. The quantitative estimate of drug-likeness (QED) is 0.652. The van der Waals surface area contributed by atoms with Gasteiger partial charge in [0.2, 0.25) is 5.91 Å². The van der Waals surface area contributed by atoms with Gasteiger partial charge < -0.3 is 16.4 Å². The van der Waals surface area contributed by atoms with Gasteiger partial charge in [0, 0.05) is 5.69 Å². The lowest BCUT2D eigenvalue weighted by molar-refractivity contribution is -0.120. The Labute approximate surface area is 153 Å².